The Bertz CT molecular complexity index is 952. The molecule has 0 unspecified atom stereocenters. The van der Waals surface area contributed by atoms with E-state index >= 15 is 0 Å². The number of aromatic nitrogens is 1. The fourth-order valence-electron chi connectivity index (χ4n) is 2.77. The van der Waals surface area contributed by atoms with Crippen LogP contribution in [0.5, 0.6) is 11.6 Å². The average Bonchev–Trinajstić information content (AvgIpc) is 2.68. The minimum absolute atomic E-state index is 0.115. The minimum Gasteiger partial charge on any atom is -0.492 e. The molecule has 140 valence electrons. The Balaban J connectivity index is 1.94. The molecule has 0 amide bonds. The summed E-state index contributed by atoms with van der Waals surface area (Å²) >= 11 is 0. The van der Waals surface area contributed by atoms with Crippen LogP contribution in [-0.4, -0.2) is 21.4 Å². The Morgan fingerprint density at radius 2 is 1.70 bits per heavy atom. The Hall–Kier alpha value is -3.12. The fourth-order valence-corrected chi connectivity index (χ4v) is 2.77. The SMILES string of the molecule is O=c1c(Cc2ccc(F)cc2)cn(CCO)c(O)c1OCc1ccccc1. The van der Waals surface area contributed by atoms with E-state index in [4.69, 9.17) is 4.74 Å². The number of hydrogen-bond acceptors (Lipinski definition) is 4. The standard InChI is InChI=1S/C21H20FNO4/c22-18-8-6-15(7-9-18)12-17-13-23(10-11-24)21(26)20(19(17)25)27-14-16-4-2-1-3-5-16/h1-9,13,24,26H,10-12,14H2. The minimum atomic E-state index is -0.429. The zero-order valence-corrected chi connectivity index (χ0v) is 14.6. The molecular formula is C21H20FNO4. The van der Waals surface area contributed by atoms with E-state index in [2.05, 4.69) is 0 Å². The van der Waals surface area contributed by atoms with Crippen LogP contribution >= 0.6 is 0 Å². The molecule has 0 atom stereocenters. The molecule has 2 N–H and O–H groups in total. The first-order valence-electron chi connectivity index (χ1n) is 8.56. The molecule has 1 aromatic heterocycles. The molecular weight excluding hydrogens is 349 g/mol. The molecule has 0 aliphatic carbocycles. The van der Waals surface area contributed by atoms with E-state index in [1.807, 2.05) is 30.3 Å². The van der Waals surface area contributed by atoms with Crippen molar-refractivity contribution < 1.29 is 19.3 Å². The lowest BCUT2D eigenvalue weighted by Gasteiger charge is -2.15. The van der Waals surface area contributed by atoms with Gasteiger partial charge in [-0.3, -0.25) is 4.79 Å². The van der Waals surface area contributed by atoms with Crippen molar-refractivity contribution in [3.05, 3.63) is 93.5 Å². The predicted molar refractivity (Wildman–Crippen MR) is 99.4 cm³/mol. The Labute approximate surface area is 155 Å². The molecule has 5 nitrogen and oxygen atoms in total. The highest BCUT2D eigenvalue weighted by atomic mass is 19.1. The summed E-state index contributed by atoms with van der Waals surface area (Å²) in [5.41, 5.74) is 1.57. The normalized spacial score (nSPS) is 10.7. The number of benzene rings is 2. The predicted octanol–water partition coefficient (Wildman–Crippen LogP) is 2.86. The van der Waals surface area contributed by atoms with Crippen LogP contribution in [0.4, 0.5) is 4.39 Å². The number of nitrogens with zero attached hydrogens (tertiary/aromatic N) is 1. The molecule has 1 heterocycles. The number of ether oxygens (including phenoxy) is 1. The molecule has 3 aromatic rings. The Kier molecular flexibility index (Phi) is 5.88. The van der Waals surface area contributed by atoms with E-state index in [1.165, 1.54) is 22.9 Å². The molecule has 0 bridgehead atoms. The molecule has 27 heavy (non-hydrogen) atoms. The van der Waals surface area contributed by atoms with Crippen LogP contribution < -0.4 is 10.2 Å². The third-order valence-corrected chi connectivity index (χ3v) is 4.16. The number of aliphatic hydroxyl groups is 1. The van der Waals surface area contributed by atoms with Crippen molar-refractivity contribution in [2.45, 2.75) is 19.6 Å². The van der Waals surface area contributed by atoms with Crippen LogP contribution in [0.25, 0.3) is 0 Å². The number of rotatable bonds is 7. The highest BCUT2D eigenvalue weighted by Crippen LogP contribution is 2.24. The van der Waals surface area contributed by atoms with Gasteiger partial charge in [-0.15, -0.1) is 0 Å². The summed E-state index contributed by atoms with van der Waals surface area (Å²) in [5, 5.41) is 19.6. The van der Waals surface area contributed by atoms with Gasteiger partial charge in [-0.25, -0.2) is 4.39 Å². The van der Waals surface area contributed by atoms with E-state index in [0.29, 0.717) is 5.56 Å². The first kappa shape index (κ1) is 18.7. The van der Waals surface area contributed by atoms with Crippen LogP contribution in [0, 0.1) is 5.82 Å². The maximum atomic E-state index is 13.1. The maximum Gasteiger partial charge on any atom is 0.239 e. The third kappa shape index (κ3) is 4.54. The zero-order chi connectivity index (χ0) is 19.2. The van der Waals surface area contributed by atoms with Crippen molar-refractivity contribution in [1.82, 2.24) is 4.57 Å². The number of halogens is 1. The van der Waals surface area contributed by atoms with Crippen molar-refractivity contribution in [1.29, 1.82) is 0 Å². The van der Waals surface area contributed by atoms with Gasteiger partial charge in [-0.05, 0) is 23.3 Å². The lowest BCUT2D eigenvalue weighted by molar-refractivity contribution is 0.249. The van der Waals surface area contributed by atoms with Crippen LogP contribution in [-0.2, 0) is 19.6 Å². The van der Waals surface area contributed by atoms with Crippen molar-refractivity contribution in [2.24, 2.45) is 0 Å². The van der Waals surface area contributed by atoms with Gasteiger partial charge >= 0.3 is 0 Å². The summed E-state index contributed by atoms with van der Waals surface area (Å²) in [4.78, 5) is 12.8. The summed E-state index contributed by atoms with van der Waals surface area (Å²) in [6.45, 7) is 0.0392. The maximum absolute atomic E-state index is 13.1. The lowest BCUT2D eigenvalue weighted by Crippen LogP contribution is -2.18. The number of aromatic hydroxyl groups is 1. The molecule has 0 aliphatic heterocycles. The molecule has 0 aliphatic rings. The number of hydrogen-bond donors (Lipinski definition) is 2. The van der Waals surface area contributed by atoms with Crippen LogP contribution in [0.1, 0.15) is 16.7 Å². The van der Waals surface area contributed by atoms with Crippen LogP contribution in [0.15, 0.2) is 65.6 Å². The van der Waals surface area contributed by atoms with Crippen molar-refractivity contribution in [2.75, 3.05) is 6.61 Å². The first-order chi connectivity index (χ1) is 13.1. The zero-order valence-electron chi connectivity index (χ0n) is 14.6. The number of aliphatic hydroxyl groups excluding tert-OH is 1. The molecule has 2 aromatic carbocycles. The van der Waals surface area contributed by atoms with Gasteiger partial charge in [0, 0.05) is 24.7 Å². The van der Waals surface area contributed by atoms with Gasteiger partial charge in [0.05, 0.1) is 6.61 Å². The quantitative estimate of drug-likeness (QED) is 0.672. The molecule has 0 spiro atoms. The molecule has 0 saturated carbocycles. The second kappa shape index (κ2) is 8.51. The van der Waals surface area contributed by atoms with E-state index in [0.717, 1.165) is 11.1 Å². The summed E-state index contributed by atoms with van der Waals surface area (Å²) in [6.07, 6.45) is 1.75. The van der Waals surface area contributed by atoms with Gasteiger partial charge in [0.2, 0.25) is 17.1 Å². The van der Waals surface area contributed by atoms with E-state index in [1.54, 1.807) is 12.1 Å². The van der Waals surface area contributed by atoms with Gasteiger partial charge in [-0.2, -0.15) is 0 Å². The first-order valence-corrected chi connectivity index (χ1v) is 8.56. The van der Waals surface area contributed by atoms with E-state index in [-0.39, 0.29) is 43.6 Å². The van der Waals surface area contributed by atoms with Crippen molar-refractivity contribution in [3.8, 4) is 11.6 Å². The second-order valence-corrected chi connectivity index (χ2v) is 6.13. The average molecular weight is 369 g/mol. The van der Waals surface area contributed by atoms with Crippen LogP contribution in [0.2, 0.25) is 0 Å². The van der Waals surface area contributed by atoms with E-state index < -0.39 is 5.43 Å². The van der Waals surface area contributed by atoms with Gasteiger partial charge < -0.3 is 19.5 Å². The Morgan fingerprint density at radius 3 is 2.37 bits per heavy atom. The van der Waals surface area contributed by atoms with Gasteiger partial charge in [0.1, 0.15) is 12.4 Å². The Morgan fingerprint density at radius 1 is 1.00 bits per heavy atom. The molecule has 0 saturated heterocycles. The highest BCUT2D eigenvalue weighted by Gasteiger charge is 2.17. The molecule has 0 radical (unpaired) electrons. The summed E-state index contributed by atoms with van der Waals surface area (Å²) in [7, 11) is 0. The fraction of sp³-hybridized carbons (Fsp3) is 0.190. The summed E-state index contributed by atoms with van der Waals surface area (Å²) < 4.78 is 20.1. The van der Waals surface area contributed by atoms with Gasteiger partial charge in [-0.1, -0.05) is 42.5 Å². The lowest BCUT2D eigenvalue weighted by atomic mass is 10.1. The molecule has 3 rings (SSSR count). The third-order valence-electron chi connectivity index (χ3n) is 4.16. The monoisotopic (exact) mass is 369 g/mol. The van der Waals surface area contributed by atoms with Crippen molar-refractivity contribution in [3.63, 3.8) is 0 Å². The second-order valence-electron chi connectivity index (χ2n) is 6.13. The molecule has 0 fully saturated rings. The van der Waals surface area contributed by atoms with Gasteiger partial charge in [0.15, 0.2) is 0 Å². The smallest absolute Gasteiger partial charge is 0.239 e. The highest BCUT2D eigenvalue weighted by molar-refractivity contribution is 5.39. The van der Waals surface area contributed by atoms with Crippen molar-refractivity contribution >= 4 is 0 Å². The van der Waals surface area contributed by atoms with Crippen LogP contribution in [0.3, 0.4) is 0 Å². The molecule has 6 heteroatoms. The largest absolute Gasteiger partial charge is 0.492 e. The van der Waals surface area contributed by atoms with E-state index in [9.17, 15) is 19.4 Å². The number of pyridine rings is 1. The summed E-state index contributed by atoms with van der Waals surface area (Å²) in [6, 6.07) is 15.1. The van der Waals surface area contributed by atoms with Gasteiger partial charge in [0.25, 0.3) is 0 Å². The summed E-state index contributed by atoms with van der Waals surface area (Å²) in [5.74, 6) is -0.839. The topological polar surface area (TPSA) is 71.7 Å².